The van der Waals surface area contributed by atoms with Gasteiger partial charge < -0.3 is 15.5 Å². The van der Waals surface area contributed by atoms with Crippen LogP contribution < -0.4 is 15.5 Å². The van der Waals surface area contributed by atoms with E-state index >= 15 is 0 Å². The van der Waals surface area contributed by atoms with Gasteiger partial charge in [0, 0.05) is 42.6 Å². The minimum atomic E-state index is -0.867. The van der Waals surface area contributed by atoms with Gasteiger partial charge in [0.1, 0.15) is 5.82 Å². The lowest BCUT2D eigenvalue weighted by Gasteiger charge is -2.20. The number of rotatable bonds is 9. The first-order chi connectivity index (χ1) is 14.5. The number of nitrogens with zero attached hydrogens (tertiary/aromatic N) is 4. The molecule has 1 saturated carbocycles. The molecule has 1 aliphatic heterocycles. The molecule has 8 nitrogen and oxygen atoms in total. The predicted octanol–water partition coefficient (Wildman–Crippen LogP) is 3.80. The predicted molar refractivity (Wildman–Crippen MR) is 114 cm³/mol. The molecule has 1 saturated heterocycles. The van der Waals surface area contributed by atoms with Gasteiger partial charge in [0.2, 0.25) is 11.8 Å². The fourth-order valence-electron chi connectivity index (χ4n) is 3.73. The van der Waals surface area contributed by atoms with E-state index in [2.05, 4.69) is 32.4 Å². The van der Waals surface area contributed by atoms with Crippen molar-refractivity contribution in [2.45, 2.75) is 45.1 Å². The number of nitro benzene ring substituents is 1. The van der Waals surface area contributed by atoms with Crippen LogP contribution in [0.5, 0.6) is 0 Å². The van der Waals surface area contributed by atoms with Crippen LogP contribution in [0.2, 0.25) is 0 Å². The highest BCUT2D eigenvalue weighted by Crippen LogP contribution is 2.29. The maximum atomic E-state index is 13.6. The third-order valence-electron chi connectivity index (χ3n) is 5.58. The molecule has 2 heterocycles. The fourth-order valence-corrected chi connectivity index (χ4v) is 3.73. The van der Waals surface area contributed by atoms with Crippen LogP contribution >= 0.6 is 0 Å². The van der Waals surface area contributed by atoms with Gasteiger partial charge >= 0.3 is 5.69 Å². The summed E-state index contributed by atoms with van der Waals surface area (Å²) in [5.41, 5.74) is 0.721. The third-order valence-corrected chi connectivity index (χ3v) is 5.58. The largest absolute Gasteiger partial charge is 0.355 e. The van der Waals surface area contributed by atoms with Crippen molar-refractivity contribution in [2.24, 2.45) is 5.92 Å². The maximum Gasteiger partial charge on any atom is 0.306 e. The van der Waals surface area contributed by atoms with E-state index in [1.807, 2.05) is 6.07 Å². The zero-order valence-electron chi connectivity index (χ0n) is 17.1. The van der Waals surface area contributed by atoms with Crippen LogP contribution in [0.15, 0.2) is 24.3 Å². The van der Waals surface area contributed by atoms with Crippen LogP contribution in [0.25, 0.3) is 0 Å². The number of nitro groups is 1. The minimum absolute atomic E-state index is 0.367. The highest BCUT2D eigenvalue weighted by Gasteiger charge is 2.27. The number of benzene rings is 1. The molecule has 9 heteroatoms. The number of anilines is 3. The summed E-state index contributed by atoms with van der Waals surface area (Å²) in [4.78, 5) is 21.7. The summed E-state index contributed by atoms with van der Waals surface area (Å²) in [6.07, 6.45) is 5.51. The first-order valence-corrected chi connectivity index (χ1v) is 10.6. The van der Waals surface area contributed by atoms with Gasteiger partial charge in [0.05, 0.1) is 4.92 Å². The monoisotopic (exact) mass is 414 g/mol. The first kappa shape index (κ1) is 20.5. The van der Waals surface area contributed by atoms with Crippen LogP contribution in [-0.4, -0.2) is 40.6 Å². The second kappa shape index (κ2) is 8.91. The van der Waals surface area contributed by atoms with E-state index in [1.165, 1.54) is 25.0 Å². The van der Waals surface area contributed by atoms with Crippen molar-refractivity contribution in [2.75, 3.05) is 29.9 Å². The van der Waals surface area contributed by atoms with Crippen molar-refractivity contribution in [3.8, 4) is 0 Å². The number of nitrogens with one attached hydrogen (secondary N) is 2. The van der Waals surface area contributed by atoms with E-state index in [4.69, 9.17) is 0 Å². The Labute approximate surface area is 175 Å². The number of aryl methyl sites for hydroxylation is 1. The quantitative estimate of drug-likeness (QED) is 0.476. The topological polar surface area (TPSA) is 96.2 Å². The molecule has 4 rings (SSSR count). The molecule has 0 bridgehead atoms. The van der Waals surface area contributed by atoms with Crippen molar-refractivity contribution in [1.29, 1.82) is 0 Å². The molecule has 1 aromatic carbocycles. The van der Waals surface area contributed by atoms with Crippen LogP contribution in [-0.2, 0) is 6.42 Å². The van der Waals surface area contributed by atoms with E-state index in [-0.39, 0.29) is 0 Å². The molecular weight excluding hydrogens is 387 g/mol. The molecular formula is C21H27FN6O2. The number of aromatic nitrogens is 2. The van der Waals surface area contributed by atoms with Gasteiger partial charge in [-0.1, -0.05) is 13.3 Å². The summed E-state index contributed by atoms with van der Waals surface area (Å²) in [5.74, 6) is 1.20. The van der Waals surface area contributed by atoms with Crippen LogP contribution in [0, 0.1) is 21.8 Å². The van der Waals surface area contributed by atoms with Gasteiger partial charge in [0.25, 0.3) is 0 Å². The summed E-state index contributed by atoms with van der Waals surface area (Å²) < 4.78 is 13.6. The molecule has 1 aromatic heterocycles. The second-order valence-corrected chi connectivity index (χ2v) is 8.12. The Morgan fingerprint density at radius 2 is 2.10 bits per heavy atom. The van der Waals surface area contributed by atoms with E-state index in [0.717, 1.165) is 62.4 Å². The van der Waals surface area contributed by atoms with E-state index in [0.29, 0.717) is 17.7 Å². The molecule has 2 N–H and O–H groups in total. The van der Waals surface area contributed by atoms with Crippen molar-refractivity contribution in [1.82, 2.24) is 15.3 Å². The Kier molecular flexibility index (Phi) is 6.08. The molecule has 0 spiro atoms. The Morgan fingerprint density at radius 3 is 2.83 bits per heavy atom. The lowest BCUT2D eigenvalue weighted by molar-refractivity contribution is -0.387. The zero-order valence-corrected chi connectivity index (χ0v) is 17.1. The van der Waals surface area contributed by atoms with Crippen LogP contribution in [0.1, 0.15) is 38.3 Å². The average molecular weight is 414 g/mol. The van der Waals surface area contributed by atoms with Crippen LogP contribution in [0.3, 0.4) is 0 Å². The smallest absolute Gasteiger partial charge is 0.306 e. The van der Waals surface area contributed by atoms with Gasteiger partial charge in [-0.25, -0.2) is 4.98 Å². The van der Waals surface area contributed by atoms with E-state index < -0.39 is 16.4 Å². The molecule has 1 atom stereocenters. The van der Waals surface area contributed by atoms with E-state index in [9.17, 15) is 14.5 Å². The molecule has 1 unspecified atom stereocenters. The summed E-state index contributed by atoms with van der Waals surface area (Å²) in [7, 11) is 0. The average Bonchev–Trinajstić information content (AvgIpc) is 3.43. The Hall–Kier alpha value is -2.81. The van der Waals surface area contributed by atoms with Gasteiger partial charge in [0.15, 0.2) is 0 Å². The third kappa shape index (κ3) is 5.02. The van der Waals surface area contributed by atoms with Crippen LogP contribution in [0.4, 0.5) is 27.5 Å². The van der Waals surface area contributed by atoms with Gasteiger partial charge in [-0.05, 0) is 50.3 Å². The molecule has 2 fully saturated rings. The summed E-state index contributed by atoms with van der Waals surface area (Å²) in [5, 5.41) is 17.7. The Balaban J connectivity index is 1.51. The SMILES string of the molecule is CCCc1cc(N2CCC(NCC3CC3)C2)nc(Nc2ccc(F)c([N+](=O)[O-])c2)n1. The molecule has 0 amide bonds. The molecule has 1 aliphatic carbocycles. The summed E-state index contributed by atoms with van der Waals surface area (Å²) in [6.45, 7) is 5.01. The second-order valence-electron chi connectivity index (χ2n) is 8.12. The molecule has 30 heavy (non-hydrogen) atoms. The van der Waals surface area contributed by atoms with E-state index in [1.54, 1.807) is 0 Å². The van der Waals surface area contributed by atoms with Gasteiger partial charge in [-0.2, -0.15) is 9.37 Å². The standard InChI is InChI=1S/C21H27FN6O2/c1-2-3-15-11-20(27-9-8-17(13-27)23-12-14-4-5-14)26-21(24-15)25-16-6-7-18(22)19(10-16)28(29)30/h6-7,10-11,14,17,23H,2-5,8-9,12-13H2,1H3,(H,24,25,26). The van der Waals surface area contributed by atoms with Crippen molar-refractivity contribution < 1.29 is 9.31 Å². The van der Waals surface area contributed by atoms with Gasteiger partial charge in [-0.3, -0.25) is 10.1 Å². The maximum absolute atomic E-state index is 13.6. The fraction of sp³-hybridized carbons (Fsp3) is 0.524. The highest BCUT2D eigenvalue weighted by atomic mass is 19.1. The number of hydrogen-bond donors (Lipinski definition) is 2. The Morgan fingerprint density at radius 1 is 1.27 bits per heavy atom. The number of halogens is 1. The summed E-state index contributed by atoms with van der Waals surface area (Å²) >= 11 is 0. The normalized spacial score (nSPS) is 18.6. The lowest BCUT2D eigenvalue weighted by atomic mass is 10.2. The number of hydrogen-bond acceptors (Lipinski definition) is 7. The molecule has 0 radical (unpaired) electrons. The zero-order chi connectivity index (χ0) is 21.1. The van der Waals surface area contributed by atoms with Crippen molar-refractivity contribution >= 4 is 23.1 Å². The summed E-state index contributed by atoms with van der Waals surface area (Å²) in [6, 6.07) is 6.18. The molecule has 160 valence electrons. The molecule has 2 aliphatic rings. The first-order valence-electron chi connectivity index (χ1n) is 10.6. The Bertz CT molecular complexity index is 920. The molecule has 2 aromatic rings. The lowest BCUT2D eigenvalue weighted by Crippen LogP contribution is -2.34. The highest BCUT2D eigenvalue weighted by molar-refractivity contribution is 5.59. The van der Waals surface area contributed by atoms with Crippen molar-refractivity contribution in [3.63, 3.8) is 0 Å². The minimum Gasteiger partial charge on any atom is -0.355 e. The van der Waals surface area contributed by atoms with Crippen molar-refractivity contribution in [3.05, 3.63) is 45.9 Å². The van der Waals surface area contributed by atoms with Gasteiger partial charge in [-0.15, -0.1) is 0 Å².